The summed E-state index contributed by atoms with van der Waals surface area (Å²) in [5.41, 5.74) is 2.22. The number of guanidine groups is 1. The number of nitrogens with one attached hydrogen (secondary N) is 2. The summed E-state index contributed by atoms with van der Waals surface area (Å²) in [6, 6.07) is 6.14. The van der Waals surface area contributed by atoms with Crippen molar-refractivity contribution in [3.63, 3.8) is 0 Å². The van der Waals surface area contributed by atoms with Crippen LogP contribution in [-0.2, 0) is 6.42 Å². The number of hydrogen-bond acceptors (Lipinski definition) is 5. The Bertz CT molecular complexity index is 767. The number of ether oxygens (including phenoxy) is 2. The van der Waals surface area contributed by atoms with E-state index >= 15 is 0 Å². The Morgan fingerprint density at radius 3 is 2.55 bits per heavy atom. The molecule has 29 heavy (non-hydrogen) atoms. The molecule has 0 aliphatic carbocycles. The van der Waals surface area contributed by atoms with E-state index in [9.17, 15) is 0 Å². The first kappa shape index (κ1) is 25.5. The molecule has 0 radical (unpaired) electrons. The summed E-state index contributed by atoms with van der Waals surface area (Å²) in [5, 5.41) is 10.1. The van der Waals surface area contributed by atoms with Gasteiger partial charge in [0, 0.05) is 31.1 Å². The third-order valence-electron chi connectivity index (χ3n) is 4.17. The van der Waals surface area contributed by atoms with Crippen molar-refractivity contribution >= 4 is 41.3 Å². The number of rotatable bonds is 10. The van der Waals surface area contributed by atoms with Crippen molar-refractivity contribution in [1.82, 2.24) is 15.6 Å². The lowest BCUT2D eigenvalue weighted by Crippen LogP contribution is -2.39. The second-order valence-corrected chi connectivity index (χ2v) is 7.37. The molecule has 0 aliphatic rings. The number of aliphatic imine (C=N–C) groups is 1. The van der Waals surface area contributed by atoms with E-state index in [1.807, 2.05) is 32.9 Å². The number of halogens is 1. The van der Waals surface area contributed by atoms with Gasteiger partial charge in [-0.25, -0.2) is 4.98 Å². The Labute approximate surface area is 195 Å². The molecule has 0 aliphatic heterocycles. The van der Waals surface area contributed by atoms with E-state index in [1.54, 1.807) is 18.4 Å². The van der Waals surface area contributed by atoms with Crippen LogP contribution < -0.4 is 20.1 Å². The van der Waals surface area contributed by atoms with Crippen molar-refractivity contribution in [3.8, 4) is 11.5 Å². The van der Waals surface area contributed by atoms with Crippen LogP contribution in [0.5, 0.6) is 11.5 Å². The Hall–Kier alpha value is -1.55. The van der Waals surface area contributed by atoms with E-state index in [1.165, 1.54) is 5.01 Å². The lowest BCUT2D eigenvalue weighted by molar-refractivity contribution is 0.287. The van der Waals surface area contributed by atoms with Gasteiger partial charge >= 0.3 is 0 Å². The normalized spacial score (nSPS) is 12.1. The highest BCUT2D eigenvalue weighted by molar-refractivity contribution is 14.0. The molecule has 6 nitrogen and oxygen atoms in total. The monoisotopic (exact) mass is 532 g/mol. The quantitative estimate of drug-likeness (QED) is 0.201. The van der Waals surface area contributed by atoms with Crippen molar-refractivity contribution < 1.29 is 9.47 Å². The van der Waals surface area contributed by atoms with Crippen LogP contribution >= 0.6 is 35.3 Å². The van der Waals surface area contributed by atoms with Gasteiger partial charge in [0.1, 0.15) is 0 Å². The van der Waals surface area contributed by atoms with Crippen LogP contribution in [-0.4, -0.2) is 37.7 Å². The molecule has 0 fully saturated rings. The Balaban J connectivity index is 0.00000420. The molecular formula is C21H33IN4O2S. The summed E-state index contributed by atoms with van der Waals surface area (Å²) in [6.45, 7) is 10.2. The first-order chi connectivity index (χ1) is 13.6. The molecule has 1 unspecified atom stereocenters. The van der Waals surface area contributed by atoms with Crippen molar-refractivity contribution in [3.05, 3.63) is 39.8 Å². The number of nitrogens with zero attached hydrogens (tertiary/aromatic N) is 2. The topological polar surface area (TPSA) is 67.8 Å². The first-order valence-corrected chi connectivity index (χ1v) is 10.7. The van der Waals surface area contributed by atoms with Crippen LogP contribution in [0.15, 0.2) is 28.6 Å². The van der Waals surface area contributed by atoms with Gasteiger partial charge in [-0.3, -0.25) is 4.99 Å². The highest BCUT2D eigenvalue weighted by atomic mass is 127. The molecule has 0 saturated heterocycles. The van der Waals surface area contributed by atoms with Gasteiger partial charge in [0.25, 0.3) is 0 Å². The number of hydrogen-bond donors (Lipinski definition) is 2. The van der Waals surface area contributed by atoms with Gasteiger partial charge in [-0.1, -0.05) is 6.07 Å². The van der Waals surface area contributed by atoms with E-state index < -0.39 is 0 Å². The van der Waals surface area contributed by atoms with Crippen molar-refractivity contribution in [2.24, 2.45) is 4.99 Å². The highest BCUT2D eigenvalue weighted by Crippen LogP contribution is 2.30. The van der Waals surface area contributed by atoms with Gasteiger partial charge < -0.3 is 20.1 Å². The minimum atomic E-state index is 0. The van der Waals surface area contributed by atoms with Gasteiger partial charge in [0.05, 0.1) is 24.3 Å². The number of thiazole rings is 1. The Morgan fingerprint density at radius 1 is 1.21 bits per heavy atom. The average Bonchev–Trinajstić information content (AvgIpc) is 3.11. The van der Waals surface area contributed by atoms with Crippen LogP contribution in [0.2, 0.25) is 0 Å². The molecule has 1 heterocycles. The molecule has 2 rings (SSSR count). The molecule has 162 valence electrons. The molecule has 8 heteroatoms. The molecule has 0 bridgehead atoms. The lowest BCUT2D eigenvalue weighted by Gasteiger charge is -2.20. The van der Waals surface area contributed by atoms with Crippen LogP contribution in [0, 0.1) is 6.92 Å². The predicted octanol–water partition coefficient (Wildman–Crippen LogP) is 4.73. The summed E-state index contributed by atoms with van der Waals surface area (Å²) >= 11 is 1.73. The molecule has 0 spiro atoms. The van der Waals surface area contributed by atoms with E-state index in [0.29, 0.717) is 13.2 Å². The predicted molar refractivity (Wildman–Crippen MR) is 132 cm³/mol. The third-order valence-corrected chi connectivity index (χ3v) is 5.20. The van der Waals surface area contributed by atoms with Crippen molar-refractivity contribution in [1.29, 1.82) is 0 Å². The fourth-order valence-corrected chi connectivity index (χ4v) is 3.60. The Kier molecular flexibility index (Phi) is 12.0. The first-order valence-electron chi connectivity index (χ1n) is 9.85. The molecule has 1 aromatic carbocycles. The maximum atomic E-state index is 5.73. The summed E-state index contributed by atoms with van der Waals surface area (Å²) in [4.78, 5) is 8.84. The average molecular weight is 532 g/mol. The van der Waals surface area contributed by atoms with Gasteiger partial charge in [0.15, 0.2) is 17.5 Å². The smallest absolute Gasteiger partial charge is 0.191 e. The second-order valence-electron chi connectivity index (χ2n) is 6.42. The molecular weight excluding hydrogens is 499 g/mol. The van der Waals surface area contributed by atoms with Crippen LogP contribution in [0.4, 0.5) is 0 Å². The maximum Gasteiger partial charge on any atom is 0.191 e. The maximum absolute atomic E-state index is 5.73. The van der Waals surface area contributed by atoms with E-state index in [0.717, 1.165) is 48.1 Å². The van der Waals surface area contributed by atoms with E-state index in [-0.39, 0.29) is 30.0 Å². The molecule has 2 aromatic rings. The molecule has 0 saturated carbocycles. The SMILES string of the molecule is CCOc1ccc(C(C)NC(=NC)NCCCc2nc(C)cs2)cc1OCC.I. The number of benzene rings is 1. The summed E-state index contributed by atoms with van der Waals surface area (Å²) in [7, 11) is 1.79. The third kappa shape index (κ3) is 8.38. The van der Waals surface area contributed by atoms with Crippen molar-refractivity contribution in [2.45, 2.75) is 46.6 Å². The molecule has 0 amide bonds. The van der Waals surface area contributed by atoms with Crippen LogP contribution in [0.1, 0.15) is 49.5 Å². The fraction of sp³-hybridized carbons (Fsp3) is 0.524. The number of aryl methyl sites for hydroxylation is 2. The zero-order chi connectivity index (χ0) is 20.4. The number of aromatic nitrogens is 1. The summed E-state index contributed by atoms with van der Waals surface area (Å²) in [5.74, 6) is 2.34. The van der Waals surface area contributed by atoms with Gasteiger partial charge in [0.2, 0.25) is 0 Å². The van der Waals surface area contributed by atoms with Gasteiger partial charge in [-0.15, -0.1) is 35.3 Å². The van der Waals surface area contributed by atoms with Crippen molar-refractivity contribution in [2.75, 3.05) is 26.8 Å². The minimum Gasteiger partial charge on any atom is -0.490 e. The summed E-state index contributed by atoms with van der Waals surface area (Å²) < 4.78 is 11.4. The summed E-state index contributed by atoms with van der Waals surface area (Å²) in [6.07, 6.45) is 1.99. The van der Waals surface area contributed by atoms with Gasteiger partial charge in [-0.05, 0) is 51.8 Å². The van der Waals surface area contributed by atoms with E-state index in [4.69, 9.17) is 9.47 Å². The molecule has 1 aromatic heterocycles. The lowest BCUT2D eigenvalue weighted by atomic mass is 10.1. The van der Waals surface area contributed by atoms with Crippen LogP contribution in [0.3, 0.4) is 0 Å². The highest BCUT2D eigenvalue weighted by Gasteiger charge is 2.12. The molecule has 1 atom stereocenters. The molecule has 2 N–H and O–H groups in total. The fourth-order valence-electron chi connectivity index (χ4n) is 2.78. The van der Waals surface area contributed by atoms with Gasteiger partial charge in [-0.2, -0.15) is 0 Å². The standard InChI is InChI=1S/C21H32N4O2S.HI/c1-6-26-18-11-10-17(13-19(18)27-7-2)16(4)25-21(22-5)23-12-8-9-20-24-15(3)14-28-20;/h10-11,13-14,16H,6-9,12H2,1-5H3,(H2,22,23,25);1H. The van der Waals surface area contributed by atoms with E-state index in [2.05, 4.69) is 39.0 Å². The zero-order valence-corrected chi connectivity index (χ0v) is 21.1. The zero-order valence-electron chi connectivity index (χ0n) is 17.9. The Morgan fingerprint density at radius 2 is 1.93 bits per heavy atom. The minimum absolute atomic E-state index is 0. The van der Waals surface area contributed by atoms with Crippen LogP contribution in [0.25, 0.3) is 0 Å². The largest absolute Gasteiger partial charge is 0.490 e. The second kappa shape index (κ2) is 13.6.